The maximum atomic E-state index is 14.6. The van der Waals surface area contributed by atoms with Crippen LogP contribution in [0.1, 0.15) is 63.0 Å². The number of nitrogens with zero attached hydrogens (tertiary/aromatic N) is 1. The van der Waals surface area contributed by atoms with Crippen molar-refractivity contribution in [1.29, 1.82) is 0 Å². The summed E-state index contributed by atoms with van der Waals surface area (Å²) in [5, 5.41) is 18.9. The van der Waals surface area contributed by atoms with Crippen molar-refractivity contribution in [3.05, 3.63) is 98.5 Å². The summed E-state index contributed by atoms with van der Waals surface area (Å²) in [5.74, 6) is -2.20. The quantitative estimate of drug-likeness (QED) is 0.107. The van der Waals surface area contributed by atoms with Crippen molar-refractivity contribution in [3.8, 4) is 28.1 Å². The molecule has 51 heavy (non-hydrogen) atoms. The predicted octanol–water partition coefficient (Wildman–Crippen LogP) is 8.89. The van der Waals surface area contributed by atoms with Crippen molar-refractivity contribution in [1.82, 2.24) is 10.3 Å². The van der Waals surface area contributed by atoms with E-state index in [0.717, 1.165) is 5.56 Å². The molecule has 260 valence electrons. The number of urea groups is 1. The summed E-state index contributed by atoms with van der Waals surface area (Å²) >= 11 is 12.7. The van der Waals surface area contributed by atoms with Gasteiger partial charge in [-0.05, 0) is 57.0 Å². The fourth-order valence-corrected chi connectivity index (χ4v) is 6.69. The smallest absolute Gasteiger partial charge is 0.341 e. The van der Waals surface area contributed by atoms with Gasteiger partial charge in [0.15, 0.2) is 5.78 Å². The molecule has 0 spiro atoms. The van der Waals surface area contributed by atoms with Crippen LogP contribution in [-0.4, -0.2) is 53.6 Å². The first-order valence-corrected chi connectivity index (χ1v) is 16.7. The van der Waals surface area contributed by atoms with Gasteiger partial charge in [0.2, 0.25) is 0 Å². The van der Waals surface area contributed by atoms with Crippen LogP contribution in [0.15, 0.2) is 60.7 Å². The van der Waals surface area contributed by atoms with E-state index in [9.17, 15) is 24.3 Å². The molecule has 0 atom stereocenters. The molecule has 13 heteroatoms. The van der Waals surface area contributed by atoms with Crippen LogP contribution in [0, 0.1) is 6.92 Å². The molecule has 0 bridgehead atoms. The highest BCUT2D eigenvalue weighted by molar-refractivity contribution is 6.38. The van der Waals surface area contributed by atoms with Gasteiger partial charge >= 0.3 is 18.0 Å². The number of aromatic nitrogens is 1. The molecule has 0 saturated carbocycles. The van der Waals surface area contributed by atoms with Gasteiger partial charge in [-0.2, -0.15) is 0 Å². The molecule has 0 saturated heterocycles. The van der Waals surface area contributed by atoms with Crippen LogP contribution in [0.2, 0.25) is 10.0 Å². The topological polar surface area (TPSA) is 156 Å². The number of carbonyl (C=O) groups excluding carboxylic acids is 3. The molecule has 1 aliphatic carbocycles. The lowest BCUT2D eigenvalue weighted by Gasteiger charge is -2.28. The molecule has 1 heterocycles. The number of nitrogens with one attached hydrogen (secondary N) is 3. The Morgan fingerprint density at radius 1 is 0.941 bits per heavy atom. The third-order valence-electron chi connectivity index (χ3n) is 8.19. The first-order chi connectivity index (χ1) is 24.3. The van der Waals surface area contributed by atoms with E-state index in [2.05, 4.69) is 16.0 Å². The van der Waals surface area contributed by atoms with Crippen LogP contribution in [0.5, 0.6) is 5.75 Å². The maximum absolute atomic E-state index is 14.6. The Balaban J connectivity index is 1.81. The number of aromatic carboxylic acids is 1. The van der Waals surface area contributed by atoms with Crippen LogP contribution in [-0.2, 0) is 4.74 Å². The van der Waals surface area contributed by atoms with E-state index in [0.29, 0.717) is 22.4 Å². The highest BCUT2D eigenvalue weighted by Crippen LogP contribution is 2.50. The van der Waals surface area contributed by atoms with Gasteiger partial charge in [-0.1, -0.05) is 59.6 Å². The minimum Gasteiger partial charge on any atom is -0.489 e. The number of ether oxygens (including phenoxy) is 2. The van der Waals surface area contributed by atoms with Crippen LogP contribution in [0.4, 0.5) is 21.9 Å². The Hall–Kier alpha value is -5.65. The molecule has 2 amide bonds. The standard InChI is InChI=1S/C38H32Cl2N4O7/c1-6-50-37(48)31-28-20-9-7-8-10-21(20)35(45)29-26(42-32-23(36(46)47)14-19(39)15-24(32)40)16-27(51-17(2)3)34(30(28)29)44-33(31)22-12-11-18(4)13-25(22)43-38(49)41-5/h7-17,42H,6H2,1-5H3,(H,46,47)(H2,41,43,49). The van der Waals surface area contributed by atoms with Crippen molar-refractivity contribution in [2.24, 2.45) is 0 Å². The van der Waals surface area contributed by atoms with Gasteiger partial charge in [-0.15, -0.1) is 0 Å². The van der Waals surface area contributed by atoms with E-state index in [1.807, 2.05) is 26.8 Å². The summed E-state index contributed by atoms with van der Waals surface area (Å²) in [6.45, 7) is 7.21. The van der Waals surface area contributed by atoms with Gasteiger partial charge in [0.05, 0.1) is 57.2 Å². The lowest BCUT2D eigenvalue weighted by molar-refractivity contribution is 0.0527. The summed E-state index contributed by atoms with van der Waals surface area (Å²) in [6, 6.07) is 15.9. The van der Waals surface area contributed by atoms with Crippen LogP contribution in [0.3, 0.4) is 0 Å². The number of fused-ring (bicyclic) bond motifs is 2. The number of carboxylic acids is 1. The Morgan fingerprint density at radius 3 is 2.33 bits per heavy atom. The summed E-state index contributed by atoms with van der Waals surface area (Å²) in [5.41, 5.74) is 3.22. The second-order valence-corrected chi connectivity index (χ2v) is 12.8. The van der Waals surface area contributed by atoms with E-state index < -0.39 is 23.8 Å². The summed E-state index contributed by atoms with van der Waals surface area (Å²) in [4.78, 5) is 58.7. The second-order valence-electron chi connectivity index (χ2n) is 12.0. The molecular formula is C38H32Cl2N4O7. The molecule has 1 aliphatic rings. The predicted molar refractivity (Wildman–Crippen MR) is 197 cm³/mol. The van der Waals surface area contributed by atoms with E-state index in [1.54, 1.807) is 49.4 Å². The molecule has 4 aromatic carbocycles. The number of carbonyl (C=O) groups is 4. The molecular weight excluding hydrogens is 695 g/mol. The maximum Gasteiger partial charge on any atom is 0.341 e. The van der Waals surface area contributed by atoms with E-state index >= 15 is 0 Å². The Bertz CT molecular complexity index is 2310. The number of amides is 2. The minimum absolute atomic E-state index is 0.00129. The zero-order valence-electron chi connectivity index (χ0n) is 28.2. The zero-order chi connectivity index (χ0) is 36.7. The Morgan fingerprint density at radius 2 is 1.67 bits per heavy atom. The van der Waals surface area contributed by atoms with Crippen LogP contribution >= 0.6 is 23.2 Å². The average Bonchev–Trinajstić information content (AvgIpc) is 3.08. The average molecular weight is 728 g/mol. The highest BCUT2D eigenvalue weighted by atomic mass is 35.5. The van der Waals surface area contributed by atoms with Gasteiger partial charge < -0.3 is 30.5 Å². The van der Waals surface area contributed by atoms with Gasteiger partial charge in [0.1, 0.15) is 11.3 Å². The van der Waals surface area contributed by atoms with Crippen LogP contribution in [0.25, 0.3) is 33.3 Å². The lowest BCUT2D eigenvalue weighted by Crippen LogP contribution is -2.25. The summed E-state index contributed by atoms with van der Waals surface area (Å²) in [6.07, 6.45) is -0.380. The SMILES string of the molecule is CCOC(=O)c1c(-c2ccc(C)cc2NC(=O)NC)nc2c(OC(C)C)cc(Nc3c(Cl)cc(Cl)cc3C(=O)O)c3c2c1-c1ccccc1C3=O. The van der Waals surface area contributed by atoms with Crippen molar-refractivity contribution in [2.45, 2.75) is 33.8 Å². The molecule has 0 radical (unpaired) electrons. The number of rotatable bonds is 9. The number of halogens is 2. The van der Waals surface area contributed by atoms with E-state index in [1.165, 1.54) is 19.2 Å². The van der Waals surface area contributed by atoms with Crippen LogP contribution < -0.4 is 20.7 Å². The zero-order valence-corrected chi connectivity index (χ0v) is 29.7. The van der Waals surface area contributed by atoms with Crippen molar-refractivity contribution in [3.63, 3.8) is 0 Å². The molecule has 6 rings (SSSR count). The van der Waals surface area contributed by atoms with E-state index in [4.69, 9.17) is 37.7 Å². The molecule has 11 nitrogen and oxygen atoms in total. The first-order valence-electron chi connectivity index (χ1n) is 16.0. The number of pyridine rings is 1. The van der Waals surface area contributed by atoms with Gasteiger partial charge in [-0.25, -0.2) is 19.4 Å². The Kier molecular flexibility index (Phi) is 9.61. The fourth-order valence-electron chi connectivity index (χ4n) is 6.15. The number of hydrogen-bond acceptors (Lipinski definition) is 8. The number of anilines is 3. The van der Waals surface area contributed by atoms with E-state index in [-0.39, 0.29) is 78.7 Å². The van der Waals surface area contributed by atoms with Crippen molar-refractivity contribution >= 4 is 74.9 Å². The largest absolute Gasteiger partial charge is 0.489 e. The third-order valence-corrected chi connectivity index (χ3v) is 8.70. The second kappa shape index (κ2) is 13.9. The van der Waals surface area contributed by atoms with Gasteiger partial charge in [-0.3, -0.25) is 4.79 Å². The lowest BCUT2D eigenvalue weighted by atomic mass is 9.79. The number of carboxylic acid groups (broad SMARTS) is 1. The monoisotopic (exact) mass is 726 g/mol. The first kappa shape index (κ1) is 35.2. The number of benzene rings is 4. The number of ketones is 1. The van der Waals surface area contributed by atoms with Crippen molar-refractivity contribution in [2.75, 3.05) is 24.3 Å². The van der Waals surface area contributed by atoms with Gasteiger partial charge in [0, 0.05) is 40.2 Å². The molecule has 0 unspecified atom stereocenters. The molecule has 0 aliphatic heterocycles. The number of esters is 1. The normalized spacial score (nSPS) is 11.6. The minimum atomic E-state index is -1.30. The molecule has 0 fully saturated rings. The number of aryl methyl sites for hydroxylation is 1. The summed E-state index contributed by atoms with van der Waals surface area (Å²) < 4.78 is 12.0. The summed E-state index contributed by atoms with van der Waals surface area (Å²) in [7, 11) is 1.49. The number of hydrogen-bond donors (Lipinski definition) is 4. The molecule has 4 N–H and O–H groups in total. The molecule has 5 aromatic rings. The molecule has 1 aromatic heterocycles. The Labute approximate surface area is 302 Å². The van der Waals surface area contributed by atoms with Gasteiger partial charge in [0.25, 0.3) is 0 Å². The fraction of sp³-hybridized carbons (Fsp3) is 0.184. The third kappa shape index (κ3) is 6.42. The highest BCUT2D eigenvalue weighted by Gasteiger charge is 2.36. The van der Waals surface area contributed by atoms with Crippen molar-refractivity contribution < 1.29 is 33.8 Å².